The second-order valence-corrected chi connectivity index (χ2v) is 5.96. The minimum absolute atomic E-state index is 0.121. The molecule has 1 aromatic heterocycles. The van der Waals surface area contributed by atoms with Crippen LogP contribution in [0.4, 0.5) is 5.69 Å². The number of para-hydroxylation sites is 1. The fourth-order valence-corrected chi connectivity index (χ4v) is 2.52. The van der Waals surface area contributed by atoms with E-state index < -0.39 is 18.0 Å². The lowest BCUT2D eigenvalue weighted by Gasteiger charge is -2.13. The van der Waals surface area contributed by atoms with E-state index in [-0.39, 0.29) is 5.76 Å². The van der Waals surface area contributed by atoms with E-state index in [1.165, 1.54) is 6.92 Å². The fraction of sp³-hybridized carbons (Fsp3) is 0.200. The van der Waals surface area contributed by atoms with Crippen molar-refractivity contribution in [2.24, 2.45) is 0 Å². The normalized spacial score (nSPS) is 12.0. The Hall–Kier alpha value is -3.08. The molecule has 0 radical (unpaired) electrons. The van der Waals surface area contributed by atoms with Crippen LogP contribution >= 0.6 is 0 Å². The summed E-state index contributed by atoms with van der Waals surface area (Å²) in [5.74, 6) is -0.928. The Morgan fingerprint density at radius 3 is 2.40 bits per heavy atom. The van der Waals surface area contributed by atoms with Crippen LogP contribution < -0.4 is 5.32 Å². The van der Waals surface area contributed by atoms with E-state index in [1.54, 1.807) is 25.1 Å². The second kappa shape index (κ2) is 6.81. The predicted molar refractivity (Wildman–Crippen MR) is 95.6 cm³/mol. The number of furan rings is 1. The summed E-state index contributed by atoms with van der Waals surface area (Å²) < 4.78 is 10.8. The van der Waals surface area contributed by atoms with E-state index in [0.717, 1.165) is 10.9 Å². The highest BCUT2D eigenvalue weighted by Crippen LogP contribution is 2.25. The minimum Gasteiger partial charge on any atom is -0.449 e. The Morgan fingerprint density at radius 1 is 1.04 bits per heavy atom. The van der Waals surface area contributed by atoms with Gasteiger partial charge in [-0.2, -0.15) is 0 Å². The monoisotopic (exact) mass is 337 g/mol. The predicted octanol–water partition coefficient (Wildman–Crippen LogP) is 4.23. The lowest BCUT2D eigenvalue weighted by Crippen LogP contribution is -2.30. The molecule has 1 atom stereocenters. The molecule has 128 valence electrons. The van der Waals surface area contributed by atoms with Crippen LogP contribution in [0.3, 0.4) is 0 Å². The topological polar surface area (TPSA) is 68.5 Å². The molecule has 0 fully saturated rings. The summed E-state index contributed by atoms with van der Waals surface area (Å²) in [6.07, 6.45) is -0.943. The average Bonchev–Trinajstić information content (AvgIpc) is 2.94. The van der Waals surface area contributed by atoms with Crippen molar-refractivity contribution in [1.82, 2.24) is 0 Å². The SMILES string of the molecule is Cc1ccc(NC(=O)[C@@H](C)OC(=O)c2oc3ccccc3c2C)cc1. The highest BCUT2D eigenvalue weighted by atomic mass is 16.6. The summed E-state index contributed by atoms with van der Waals surface area (Å²) in [6, 6.07) is 14.7. The molecule has 0 aliphatic heterocycles. The van der Waals surface area contributed by atoms with Gasteiger partial charge in [-0.15, -0.1) is 0 Å². The lowest BCUT2D eigenvalue weighted by atomic mass is 10.1. The molecule has 0 saturated carbocycles. The van der Waals surface area contributed by atoms with Gasteiger partial charge in [-0.1, -0.05) is 35.9 Å². The van der Waals surface area contributed by atoms with Crippen molar-refractivity contribution in [3.63, 3.8) is 0 Å². The summed E-state index contributed by atoms with van der Waals surface area (Å²) >= 11 is 0. The van der Waals surface area contributed by atoms with Gasteiger partial charge in [0.25, 0.3) is 5.91 Å². The van der Waals surface area contributed by atoms with Crippen LogP contribution in [0.5, 0.6) is 0 Å². The first-order valence-electron chi connectivity index (χ1n) is 8.02. The van der Waals surface area contributed by atoms with Crippen molar-refractivity contribution in [1.29, 1.82) is 0 Å². The van der Waals surface area contributed by atoms with E-state index in [0.29, 0.717) is 16.8 Å². The molecule has 3 rings (SSSR count). The van der Waals surface area contributed by atoms with Gasteiger partial charge in [0, 0.05) is 16.6 Å². The molecule has 2 aromatic carbocycles. The molecule has 0 unspecified atom stereocenters. The maximum atomic E-state index is 12.4. The number of anilines is 1. The number of esters is 1. The van der Waals surface area contributed by atoms with Gasteiger partial charge in [0.05, 0.1) is 0 Å². The van der Waals surface area contributed by atoms with Crippen LogP contribution in [0.15, 0.2) is 52.9 Å². The zero-order chi connectivity index (χ0) is 18.0. The molecule has 1 N–H and O–H groups in total. The number of fused-ring (bicyclic) bond motifs is 1. The quantitative estimate of drug-likeness (QED) is 0.723. The molecular formula is C20H19NO4. The Kier molecular flexibility index (Phi) is 4.57. The Balaban J connectivity index is 1.69. The first kappa shape index (κ1) is 16.8. The molecule has 3 aromatic rings. The van der Waals surface area contributed by atoms with Gasteiger partial charge in [-0.25, -0.2) is 4.79 Å². The van der Waals surface area contributed by atoms with Crippen LogP contribution in [0.1, 0.15) is 28.6 Å². The molecule has 0 saturated heterocycles. The van der Waals surface area contributed by atoms with Gasteiger partial charge in [0.1, 0.15) is 5.58 Å². The summed E-state index contributed by atoms with van der Waals surface area (Å²) in [4.78, 5) is 24.6. The van der Waals surface area contributed by atoms with Crippen LogP contribution in [0.25, 0.3) is 11.0 Å². The third-order valence-corrected chi connectivity index (χ3v) is 4.00. The third kappa shape index (κ3) is 3.55. The molecule has 25 heavy (non-hydrogen) atoms. The smallest absolute Gasteiger partial charge is 0.375 e. The molecule has 1 amide bonds. The number of carbonyl (C=O) groups is 2. The molecule has 0 aliphatic rings. The summed E-state index contributed by atoms with van der Waals surface area (Å²) in [7, 11) is 0. The zero-order valence-electron chi connectivity index (χ0n) is 14.3. The second-order valence-electron chi connectivity index (χ2n) is 5.96. The molecule has 5 heteroatoms. The number of hydrogen-bond donors (Lipinski definition) is 1. The third-order valence-electron chi connectivity index (χ3n) is 4.00. The van der Waals surface area contributed by atoms with Gasteiger partial charge in [0.15, 0.2) is 6.10 Å². The zero-order valence-corrected chi connectivity index (χ0v) is 14.3. The largest absolute Gasteiger partial charge is 0.449 e. The van der Waals surface area contributed by atoms with Gasteiger partial charge in [-0.3, -0.25) is 4.79 Å². The van der Waals surface area contributed by atoms with E-state index in [2.05, 4.69) is 5.32 Å². The summed E-state index contributed by atoms with van der Waals surface area (Å²) in [5, 5.41) is 3.57. The Labute approximate surface area is 145 Å². The van der Waals surface area contributed by atoms with Crippen molar-refractivity contribution in [3.8, 4) is 0 Å². The number of nitrogens with one attached hydrogen (secondary N) is 1. The maximum absolute atomic E-state index is 12.4. The first-order valence-corrected chi connectivity index (χ1v) is 8.02. The summed E-state index contributed by atoms with van der Waals surface area (Å²) in [6.45, 7) is 5.28. The molecule has 0 spiro atoms. The Bertz CT molecular complexity index is 925. The number of aryl methyl sites for hydroxylation is 2. The fourth-order valence-electron chi connectivity index (χ4n) is 2.52. The molecule has 1 heterocycles. The van der Waals surface area contributed by atoms with E-state index in [9.17, 15) is 9.59 Å². The van der Waals surface area contributed by atoms with Crippen LogP contribution in [0, 0.1) is 13.8 Å². The maximum Gasteiger partial charge on any atom is 0.375 e. The van der Waals surface area contributed by atoms with E-state index in [1.807, 2.05) is 37.3 Å². The lowest BCUT2D eigenvalue weighted by molar-refractivity contribution is -0.123. The number of amides is 1. The minimum atomic E-state index is -0.943. The van der Waals surface area contributed by atoms with Crippen molar-refractivity contribution in [2.75, 3.05) is 5.32 Å². The number of hydrogen-bond acceptors (Lipinski definition) is 4. The highest BCUT2D eigenvalue weighted by Gasteiger charge is 2.24. The van der Waals surface area contributed by atoms with Crippen LogP contribution in [-0.4, -0.2) is 18.0 Å². The van der Waals surface area contributed by atoms with Gasteiger partial charge in [0.2, 0.25) is 5.76 Å². The standard InChI is InChI=1S/C20H19NO4/c1-12-8-10-15(11-9-12)21-19(22)14(3)24-20(23)18-13(2)16-6-4-5-7-17(16)25-18/h4-11,14H,1-3H3,(H,21,22)/t14-/m1/s1. The van der Waals surface area contributed by atoms with Crippen molar-refractivity contribution in [2.45, 2.75) is 26.9 Å². The van der Waals surface area contributed by atoms with Crippen molar-refractivity contribution < 1.29 is 18.7 Å². The highest BCUT2D eigenvalue weighted by molar-refractivity contribution is 5.99. The number of ether oxygens (including phenoxy) is 1. The average molecular weight is 337 g/mol. The van der Waals surface area contributed by atoms with Gasteiger partial charge in [-0.05, 0) is 39.0 Å². The van der Waals surface area contributed by atoms with Gasteiger partial charge < -0.3 is 14.5 Å². The van der Waals surface area contributed by atoms with Crippen molar-refractivity contribution in [3.05, 3.63) is 65.4 Å². The molecule has 0 aliphatic carbocycles. The molecule has 5 nitrogen and oxygen atoms in total. The van der Waals surface area contributed by atoms with Crippen LogP contribution in [-0.2, 0) is 9.53 Å². The molecular weight excluding hydrogens is 318 g/mol. The number of benzene rings is 2. The number of carbonyl (C=O) groups excluding carboxylic acids is 2. The number of rotatable bonds is 4. The van der Waals surface area contributed by atoms with E-state index in [4.69, 9.17) is 9.15 Å². The summed E-state index contributed by atoms with van der Waals surface area (Å²) in [5.41, 5.74) is 3.06. The van der Waals surface area contributed by atoms with Crippen LogP contribution in [0.2, 0.25) is 0 Å². The van der Waals surface area contributed by atoms with Crippen molar-refractivity contribution >= 4 is 28.5 Å². The van der Waals surface area contributed by atoms with Gasteiger partial charge >= 0.3 is 5.97 Å². The Morgan fingerprint density at radius 2 is 1.72 bits per heavy atom. The molecule has 0 bridgehead atoms. The van der Waals surface area contributed by atoms with E-state index >= 15 is 0 Å². The first-order chi connectivity index (χ1) is 12.0.